The van der Waals surface area contributed by atoms with E-state index in [2.05, 4.69) is 5.32 Å². The van der Waals surface area contributed by atoms with Gasteiger partial charge in [0, 0.05) is 13.0 Å². The molecule has 0 atom stereocenters. The van der Waals surface area contributed by atoms with Crippen LogP contribution in [0.5, 0.6) is 0 Å². The molecule has 0 spiro atoms. The van der Waals surface area contributed by atoms with Gasteiger partial charge in [0.25, 0.3) is 0 Å². The van der Waals surface area contributed by atoms with E-state index < -0.39 is 5.78 Å². The Balaban J connectivity index is 3.21. The smallest absolute Gasteiger partial charge is 0.195 e. The van der Waals surface area contributed by atoms with E-state index >= 15 is 0 Å². The highest BCUT2D eigenvalue weighted by molar-refractivity contribution is 6.24. The first-order valence-electron chi connectivity index (χ1n) is 3.22. The number of carbonyl (C=O) groups excluding carboxylic acids is 2. The maximum Gasteiger partial charge on any atom is 0.195 e. The molecule has 5 nitrogen and oxygen atoms in total. The van der Waals surface area contributed by atoms with Gasteiger partial charge in [-0.15, -0.1) is 0 Å². The van der Waals surface area contributed by atoms with E-state index in [4.69, 9.17) is 11.1 Å². The molecule has 0 aromatic carbocycles. The van der Waals surface area contributed by atoms with Crippen LogP contribution < -0.4 is 11.1 Å². The molecule has 0 saturated carbocycles. The fourth-order valence-corrected chi connectivity index (χ4v) is 0.545. The second kappa shape index (κ2) is 5.40. The molecule has 0 aliphatic heterocycles. The molecule has 4 N–H and O–H groups in total. The monoisotopic (exact) mass is 157 g/mol. The standard InChI is InChI=1S/C6H11N3O2/c7-6(8)9-3-1-2-5(11)4-10/h4H,1-3H2,(H4,7,8,9). The number of rotatable bonds is 5. The minimum absolute atomic E-state index is 0.122. The molecule has 0 aliphatic rings. The van der Waals surface area contributed by atoms with Crippen molar-refractivity contribution in [1.82, 2.24) is 5.32 Å². The average Bonchev–Trinajstić information content (AvgIpc) is 1.97. The molecule has 0 amide bonds. The number of hydrogen-bond donors (Lipinski definition) is 3. The third-order valence-corrected chi connectivity index (χ3v) is 1.05. The lowest BCUT2D eigenvalue weighted by Crippen LogP contribution is -2.31. The summed E-state index contributed by atoms with van der Waals surface area (Å²) in [5, 5.41) is 9.26. The van der Waals surface area contributed by atoms with Gasteiger partial charge in [-0.1, -0.05) is 0 Å². The van der Waals surface area contributed by atoms with E-state index in [0.29, 0.717) is 19.3 Å². The van der Waals surface area contributed by atoms with Crippen molar-refractivity contribution in [1.29, 1.82) is 5.41 Å². The number of nitrogens with one attached hydrogen (secondary N) is 2. The molecule has 0 aliphatic carbocycles. The molecule has 5 heteroatoms. The first kappa shape index (κ1) is 9.61. The van der Waals surface area contributed by atoms with Crippen molar-refractivity contribution in [3.8, 4) is 0 Å². The van der Waals surface area contributed by atoms with Crippen molar-refractivity contribution < 1.29 is 9.59 Å². The van der Waals surface area contributed by atoms with Gasteiger partial charge >= 0.3 is 0 Å². The topological polar surface area (TPSA) is 96.0 Å². The Kier molecular flexibility index (Phi) is 4.72. The van der Waals surface area contributed by atoms with E-state index in [-0.39, 0.29) is 12.4 Å². The predicted molar refractivity (Wildman–Crippen MR) is 40.2 cm³/mol. The van der Waals surface area contributed by atoms with Crippen molar-refractivity contribution in [2.45, 2.75) is 12.8 Å². The second-order valence-electron chi connectivity index (χ2n) is 2.03. The predicted octanol–water partition coefficient (Wildman–Crippen LogP) is -0.982. The zero-order chi connectivity index (χ0) is 8.69. The number of aldehydes is 1. The molecular formula is C6H11N3O2. The maximum atomic E-state index is 10.4. The Bertz CT molecular complexity index is 167. The first-order chi connectivity index (χ1) is 5.16. The van der Waals surface area contributed by atoms with E-state index in [9.17, 15) is 9.59 Å². The second-order valence-corrected chi connectivity index (χ2v) is 2.03. The lowest BCUT2D eigenvalue weighted by atomic mass is 10.2. The molecule has 11 heavy (non-hydrogen) atoms. The van der Waals surface area contributed by atoms with Gasteiger partial charge in [0.15, 0.2) is 18.0 Å². The summed E-state index contributed by atoms with van der Waals surface area (Å²) in [5.41, 5.74) is 4.96. The highest BCUT2D eigenvalue weighted by Crippen LogP contribution is 1.85. The third kappa shape index (κ3) is 6.50. The number of ketones is 1. The van der Waals surface area contributed by atoms with Crippen molar-refractivity contribution in [2.24, 2.45) is 5.73 Å². The Morgan fingerprint density at radius 1 is 1.64 bits per heavy atom. The molecule has 0 radical (unpaired) electrons. The highest BCUT2D eigenvalue weighted by atomic mass is 16.2. The summed E-state index contributed by atoms with van der Waals surface area (Å²) < 4.78 is 0. The molecule has 0 rings (SSSR count). The molecule has 62 valence electrons. The Labute approximate surface area is 64.5 Å². The van der Waals surface area contributed by atoms with Crippen LogP contribution in [-0.4, -0.2) is 24.6 Å². The zero-order valence-electron chi connectivity index (χ0n) is 6.09. The molecule has 0 aromatic heterocycles. The van der Waals surface area contributed by atoms with E-state index in [1.165, 1.54) is 0 Å². The average molecular weight is 157 g/mol. The summed E-state index contributed by atoms with van der Waals surface area (Å²) in [6.45, 7) is 0.453. The number of carbonyl (C=O) groups is 2. The quantitative estimate of drug-likeness (QED) is 0.157. The van der Waals surface area contributed by atoms with Gasteiger partial charge in [0.05, 0.1) is 0 Å². The van der Waals surface area contributed by atoms with Gasteiger partial charge in [-0.25, -0.2) is 0 Å². The minimum Gasteiger partial charge on any atom is -0.370 e. The summed E-state index contributed by atoms with van der Waals surface area (Å²) in [4.78, 5) is 20.2. The fraction of sp³-hybridized carbons (Fsp3) is 0.500. The summed E-state index contributed by atoms with van der Waals surface area (Å²) in [7, 11) is 0. The summed E-state index contributed by atoms with van der Waals surface area (Å²) >= 11 is 0. The van der Waals surface area contributed by atoms with Gasteiger partial charge in [0.1, 0.15) is 0 Å². The van der Waals surface area contributed by atoms with Crippen LogP contribution in [0.15, 0.2) is 0 Å². The number of nitrogens with two attached hydrogens (primary N) is 1. The Hall–Kier alpha value is -1.39. The fourth-order valence-electron chi connectivity index (χ4n) is 0.545. The van der Waals surface area contributed by atoms with Crippen LogP contribution in [0.3, 0.4) is 0 Å². The van der Waals surface area contributed by atoms with Gasteiger partial charge in [-0.2, -0.15) is 0 Å². The Morgan fingerprint density at radius 3 is 2.73 bits per heavy atom. The zero-order valence-corrected chi connectivity index (χ0v) is 6.09. The molecule has 0 fully saturated rings. The van der Waals surface area contributed by atoms with Crippen LogP contribution in [0.1, 0.15) is 12.8 Å². The van der Waals surface area contributed by atoms with Gasteiger partial charge in [-0.05, 0) is 6.42 Å². The van der Waals surface area contributed by atoms with Crippen molar-refractivity contribution >= 4 is 18.0 Å². The third-order valence-electron chi connectivity index (χ3n) is 1.05. The lowest BCUT2D eigenvalue weighted by Gasteiger charge is -1.99. The summed E-state index contributed by atoms with van der Waals surface area (Å²) in [5.74, 6) is -0.543. The van der Waals surface area contributed by atoms with Crippen LogP contribution >= 0.6 is 0 Å². The summed E-state index contributed by atoms with van der Waals surface area (Å²) in [6, 6.07) is 0. The number of hydrogen-bond acceptors (Lipinski definition) is 3. The molecule has 0 saturated heterocycles. The molecule has 0 heterocycles. The molecule has 0 aromatic rings. The molecular weight excluding hydrogens is 146 g/mol. The van der Waals surface area contributed by atoms with Crippen molar-refractivity contribution in [2.75, 3.05) is 6.54 Å². The van der Waals surface area contributed by atoms with E-state index in [1.807, 2.05) is 0 Å². The van der Waals surface area contributed by atoms with Crippen molar-refractivity contribution in [3.63, 3.8) is 0 Å². The van der Waals surface area contributed by atoms with E-state index in [0.717, 1.165) is 0 Å². The van der Waals surface area contributed by atoms with Crippen LogP contribution in [0, 0.1) is 5.41 Å². The maximum absolute atomic E-state index is 10.4. The van der Waals surface area contributed by atoms with Crippen LogP contribution in [0.2, 0.25) is 0 Å². The summed E-state index contributed by atoms with van der Waals surface area (Å²) in [6.07, 6.45) is 1.04. The SMILES string of the molecule is N=C(N)NCCCC(=O)C=O. The Morgan fingerprint density at radius 2 is 2.27 bits per heavy atom. The van der Waals surface area contributed by atoms with Crippen LogP contribution in [-0.2, 0) is 9.59 Å². The van der Waals surface area contributed by atoms with Gasteiger partial charge in [0.2, 0.25) is 0 Å². The highest BCUT2D eigenvalue weighted by Gasteiger charge is 1.97. The molecule has 0 bridgehead atoms. The largest absolute Gasteiger partial charge is 0.370 e. The van der Waals surface area contributed by atoms with Crippen molar-refractivity contribution in [3.05, 3.63) is 0 Å². The molecule has 0 unspecified atom stereocenters. The number of guanidine groups is 1. The van der Waals surface area contributed by atoms with Crippen LogP contribution in [0.25, 0.3) is 0 Å². The first-order valence-corrected chi connectivity index (χ1v) is 3.22. The van der Waals surface area contributed by atoms with Gasteiger partial charge in [-0.3, -0.25) is 15.0 Å². The van der Waals surface area contributed by atoms with Gasteiger partial charge < -0.3 is 11.1 Å². The lowest BCUT2D eigenvalue weighted by molar-refractivity contribution is -0.129. The normalized spacial score (nSPS) is 8.73. The van der Waals surface area contributed by atoms with Crippen LogP contribution in [0.4, 0.5) is 0 Å². The minimum atomic E-state index is -0.421. The van der Waals surface area contributed by atoms with E-state index in [1.54, 1.807) is 0 Å². The number of Topliss-reactive ketones (excluding diaryl/α,β-unsaturated/α-hetero) is 1.